The third-order valence-electron chi connectivity index (χ3n) is 4.06. The Morgan fingerprint density at radius 1 is 1.22 bits per heavy atom. The van der Waals surface area contributed by atoms with E-state index in [4.69, 9.17) is 0 Å². The van der Waals surface area contributed by atoms with Gasteiger partial charge in [-0.2, -0.15) is 13.2 Å². The largest absolute Gasteiger partial charge is 0.484 e. The molecule has 1 aliphatic heterocycles. The third kappa shape index (κ3) is 7.76. The van der Waals surface area contributed by atoms with Crippen LogP contribution in [-0.2, 0) is 21.4 Å². The summed E-state index contributed by atoms with van der Waals surface area (Å²) < 4.78 is 66.7. The van der Waals surface area contributed by atoms with E-state index in [0.717, 1.165) is 12.8 Å². The summed E-state index contributed by atoms with van der Waals surface area (Å²) in [4.78, 5) is 11.9. The van der Waals surface area contributed by atoms with Gasteiger partial charge in [-0.25, -0.2) is 12.7 Å². The van der Waals surface area contributed by atoms with Crippen LogP contribution in [0, 0.1) is 0 Å². The van der Waals surface area contributed by atoms with Gasteiger partial charge in [0.1, 0.15) is 5.75 Å². The quantitative estimate of drug-likeness (QED) is 0.681. The van der Waals surface area contributed by atoms with Crippen LogP contribution in [0.4, 0.5) is 13.2 Å². The number of carbonyl (C=O) groups excluding carboxylic acids is 1. The Morgan fingerprint density at radius 2 is 1.93 bits per heavy atom. The van der Waals surface area contributed by atoms with Crippen LogP contribution in [0.2, 0.25) is 0 Å². The van der Waals surface area contributed by atoms with E-state index in [1.165, 1.54) is 22.5 Å². The zero-order valence-corrected chi connectivity index (χ0v) is 15.6. The minimum absolute atomic E-state index is 0.0655. The van der Waals surface area contributed by atoms with E-state index in [-0.39, 0.29) is 36.8 Å². The van der Waals surface area contributed by atoms with E-state index in [1.807, 2.05) is 0 Å². The van der Waals surface area contributed by atoms with E-state index < -0.39 is 22.8 Å². The minimum atomic E-state index is -4.42. The summed E-state index contributed by atoms with van der Waals surface area (Å²) in [5.41, 5.74) is 0.590. The van der Waals surface area contributed by atoms with Crippen LogP contribution in [0.25, 0.3) is 0 Å². The maximum absolute atomic E-state index is 12.2. The van der Waals surface area contributed by atoms with Crippen molar-refractivity contribution in [3.05, 3.63) is 29.8 Å². The Labute approximate surface area is 156 Å². The summed E-state index contributed by atoms with van der Waals surface area (Å²) in [6, 6.07) is 6.01. The number of sulfonamides is 1. The van der Waals surface area contributed by atoms with E-state index in [2.05, 4.69) is 10.1 Å². The number of carbonyl (C=O) groups is 1. The highest BCUT2D eigenvalue weighted by atomic mass is 32.2. The number of ether oxygens (including phenoxy) is 1. The molecule has 10 heteroatoms. The average molecular weight is 408 g/mol. The Kier molecular flexibility index (Phi) is 7.49. The summed E-state index contributed by atoms with van der Waals surface area (Å²) >= 11 is 0. The molecular formula is C17H23F3N2O4S. The van der Waals surface area contributed by atoms with E-state index in [0.29, 0.717) is 18.7 Å². The maximum atomic E-state index is 12.2. The smallest absolute Gasteiger partial charge is 0.422 e. The van der Waals surface area contributed by atoms with Crippen LogP contribution >= 0.6 is 0 Å². The van der Waals surface area contributed by atoms with Crippen molar-refractivity contribution in [1.29, 1.82) is 0 Å². The fourth-order valence-corrected chi connectivity index (χ4v) is 4.29. The zero-order valence-electron chi connectivity index (χ0n) is 14.8. The fourth-order valence-electron chi connectivity index (χ4n) is 2.71. The van der Waals surface area contributed by atoms with Crippen LogP contribution in [0.1, 0.15) is 31.2 Å². The van der Waals surface area contributed by atoms with Gasteiger partial charge in [-0.1, -0.05) is 12.1 Å². The second-order valence-corrected chi connectivity index (χ2v) is 8.44. The highest BCUT2D eigenvalue weighted by Gasteiger charge is 2.28. The van der Waals surface area contributed by atoms with Gasteiger partial charge >= 0.3 is 6.18 Å². The summed E-state index contributed by atoms with van der Waals surface area (Å²) in [6.45, 7) is -0.169. The van der Waals surface area contributed by atoms with Crippen LogP contribution < -0.4 is 10.1 Å². The Balaban J connectivity index is 1.72. The highest BCUT2D eigenvalue weighted by Crippen LogP contribution is 2.19. The molecule has 2 rings (SSSR count). The first kappa shape index (κ1) is 21.5. The van der Waals surface area contributed by atoms with Crippen molar-refractivity contribution in [2.75, 3.05) is 25.4 Å². The van der Waals surface area contributed by atoms with Gasteiger partial charge in [-0.3, -0.25) is 4.79 Å². The fraction of sp³-hybridized carbons (Fsp3) is 0.588. The van der Waals surface area contributed by atoms with Crippen molar-refractivity contribution >= 4 is 15.9 Å². The number of halogens is 3. The predicted octanol–water partition coefficient (Wildman–Crippen LogP) is 2.45. The molecule has 0 saturated carbocycles. The Bertz CT molecular complexity index is 732. The lowest BCUT2D eigenvalue weighted by Crippen LogP contribution is -2.31. The van der Waals surface area contributed by atoms with Crippen LogP contribution in [0.15, 0.2) is 24.3 Å². The molecule has 1 saturated heterocycles. The Hall–Kier alpha value is -1.81. The number of nitrogens with zero attached hydrogens (tertiary/aromatic N) is 1. The monoisotopic (exact) mass is 408 g/mol. The standard InChI is InChI=1S/C17H23F3N2O4S/c18-17(19,20)13-26-15-6-3-5-14(11-15)12-21-16(23)7-4-10-27(24,25)22-8-1-2-9-22/h3,5-6,11H,1-2,4,7-10,12-13H2,(H,21,23). The molecule has 0 spiro atoms. The average Bonchev–Trinajstić information content (AvgIpc) is 3.13. The summed E-state index contributed by atoms with van der Waals surface area (Å²) in [5.74, 6) is -0.315. The maximum Gasteiger partial charge on any atom is 0.422 e. The van der Waals surface area contributed by atoms with Crippen molar-refractivity contribution in [3.8, 4) is 5.75 Å². The molecule has 0 unspecified atom stereocenters. The number of hydrogen-bond donors (Lipinski definition) is 1. The van der Waals surface area contributed by atoms with Crippen LogP contribution in [-0.4, -0.2) is 50.3 Å². The number of hydrogen-bond acceptors (Lipinski definition) is 4. The second-order valence-electron chi connectivity index (χ2n) is 6.35. The molecule has 0 aliphatic carbocycles. The van der Waals surface area contributed by atoms with E-state index >= 15 is 0 Å². The number of nitrogens with one attached hydrogen (secondary N) is 1. The molecule has 6 nitrogen and oxygen atoms in total. The third-order valence-corrected chi connectivity index (χ3v) is 6.01. The van der Waals surface area contributed by atoms with Gasteiger partial charge < -0.3 is 10.1 Å². The molecule has 1 aliphatic rings. The van der Waals surface area contributed by atoms with Crippen LogP contribution in [0.3, 0.4) is 0 Å². The van der Waals surface area contributed by atoms with Gasteiger partial charge in [-0.15, -0.1) is 0 Å². The minimum Gasteiger partial charge on any atom is -0.484 e. The predicted molar refractivity (Wildman–Crippen MR) is 93.7 cm³/mol. The molecule has 152 valence electrons. The molecule has 1 aromatic carbocycles. The van der Waals surface area contributed by atoms with Crippen molar-refractivity contribution in [3.63, 3.8) is 0 Å². The van der Waals surface area contributed by atoms with Crippen molar-refractivity contribution in [1.82, 2.24) is 9.62 Å². The molecule has 1 fully saturated rings. The summed E-state index contributed by atoms with van der Waals surface area (Å²) in [6.07, 6.45) is -2.40. The van der Waals surface area contributed by atoms with Gasteiger partial charge in [0.05, 0.1) is 5.75 Å². The van der Waals surface area contributed by atoms with E-state index in [1.54, 1.807) is 6.07 Å². The lowest BCUT2D eigenvalue weighted by atomic mass is 10.2. The highest BCUT2D eigenvalue weighted by molar-refractivity contribution is 7.89. The first-order chi connectivity index (χ1) is 12.7. The molecular weight excluding hydrogens is 385 g/mol. The van der Waals surface area contributed by atoms with Crippen LogP contribution in [0.5, 0.6) is 5.75 Å². The topological polar surface area (TPSA) is 75.7 Å². The summed E-state index contributed by atoms with van der Waals surface area (Å²) in [7, 11) is -3.30. The van der Waals surface area contributed by atoms with Gasteiger partial charge in [0.15, 0.2) is 6.61 Å². The Morgan fingerprint density at radius 3 is 2.59 bits per heavy atom. The van der Waals surface area contributed by atoms with Gasteiger partial charge in [0, 0.05) is 26.1 Å². The lowest BCUT2D eigenvalue weighted by Gasteiger charge is -2.15. The van der Waals surface area contributed by atoms with E-state index in [9.17, 15) is 26.4 Å². The molecule has 1 aromatic rings. The number of benzene rings is 1. The number of alkyl halides is 3. The SMILES string of the molecule is O=C(CCCS(=O)(=O)N1CCCC1)NCc1cccc(OCC(F)(F)F)c1. The lowest BCUT2D eigenvalue weighted by molar-refractivity contribution is -0.153. The molecule has 0 radical (unpaired) electrons. The zero-order chi connectivity index (χ0) is 19.9. The first-order valence-electron chi connectivity index (χ1n) is 8.69. The molecule has 0 aromatic heterocycles. The van der Waals surface area contributed by atoms with Crippen molar-refractivity contribution in [2.24, 2.45) is 0 Å². The molecule has 1 N–H and O–H groups in total. The van der Waals surface area contributed by atoms with Crippen molar-refractivity contribution in [2.45, 2.75) is 38.4 Å². The molecule has 0 bridgehead atoms. The van der Waals surface area contributed by atoms with Gasteiger partial charge in [0.25, 0.3) is 0 Å². The second kappa shape index (κ2) is 9.41. The van der Waals surface area contributed by atoms with Crippen molar-refractivity contribution < 1.29 is 31.1 Å². The molecule has 27 heavy (non-hydrogen) atoms. The van der Waals surface area contributed by atoms with Gasteiger partial charge in [-0.05, 0) is 37.0 Å². The number of amides is 1. The molecule has 1 heterocycles. The first-order valence-corrected chi connectivity index (χ1v) is 10.3. The molecule has 1 amide bonds. The molecule has 0 atom stereocenters. The summed E-state index contributed by atoms with van der Waals surface area (Å²) in [5, 5.41) is 2.63. The number of rotatable bonds is 9. The van der Waals surface area contributed by atoms with Gasteiger partial charge in [0.2, 0.25) is 15.9 Å². The normalized spacial score (nSPS) is 15.7.